The molecule has 10 aliphatic rings. The van der Waals surface area contributed by atoms with Crippen LogP contribution in [0.4, 0.5) is 13.2 Å². The van der Waals surface area contributed by atoms with Crippen LogP contribution < -0.4 is 0 Å². The van der Waals surface area contributed by atoms with E-state index in [9.17, 15) is 28.5 Å². The van der Waals surface area contributed by atoms with Crippen LogP contribution in [0.3, 0.4) is 0 Å². The number of hydrogen-bond acceptors (Lipinski definition) is 5. The van der Waals surface area contributed by atoms with Gasteiger partial charge in [-0.15, -0.1) is 0 Å². The largest absolute Gasteiger partial charge is 0.450 e. The maximum atomic E-state index is 13.0. The number of hydrogen-bond donors (Lipinski definition) is 0. The summed E-state index contributed by atoms with van der Waals surface area (Å²) in [6, 6.07) is 8.18. The smallest absolute Gasteiger partial charge is 0.293 e. The third-order valence-electron chi connectivity index (χ3n) is 20.8. The normalized spacial score (nSPS) is 49.0. The Bertz CT molecular complexity index is 1550. The van der Waals surface area contributed by atoms with Gasteiger partial charge in [-0.25, -0.2) is 0 Å². The average molecular weight is 848 g/mol. The molecule has 0 spiro atoms. The van der Waals surface area contributed by atoms with Gasteiger partial charge < -0.3 is 0 Å². The van der Waals surface area contributed by atoms with E-state index in [1.165, 1.54) is 116 Å². The van der Waals surface area contributed by atoms with Gasteiger partial charge in [-0.05, 0) is 219 Å². The topological polar surface area (TPSA) is 67.9 Å². The van der Waals surface area contributed by atoms with Gasteiger partial charge in [0, 0.05) is 34.5 Å². The summed E-state index contributed by atoms with van der Waals surface area (Å²) in [5.41, 5.74) is 0. The highest BCUT2D eigenvalue weighted by atomic mass is 32.2. The zero-order valence-electron chi connectivity index (χ0n) is 36.6. The van der Waals surface area contributed by atoms with Crippen LogP contribution in [0.1, 0.15) is 180 Å². The summed E-state index contributed by atoms with van der Waals surface area (Å²) < 4.78 is 39.1. The molecule has 4 nitrogen and oxygen atoms in total. The molecule has 0 aromatic rings. The summed E-state index contributed by atoms with van der Waals surface area (Å²) in [5, 5.41) is 23.0. The van der Waals surface area contributed by atoms with E-state index in [1.807, 2.05) is 0 Å². The third-order valence-corrected chi connectivity index (χ3v) is 22.7. The molecule has 0 N–H and O–H groups in total. The first-order chi connectivity index (χ1) is 29.2. The fraction of sp³-hybridized carbons (Fsp3) is 0.942. The summed E-state index contributed by atoms with van der Waals surface area (Å²) in [6.07, 6.45) is 29.6. The Balaban J connectivity index is 0.716. The minimum Gasteiger partial charge on any atom is -0.293 e. The maximum absolute atomic E-state index is 13.0. The van der Waals surface area contributed by atoms with Crippen molar-refractivity contribution in [2.24, 2.45) is 88.8 Å². The molecule has 2 heterocycles. The first-order valence-electron chi connectivity index (χ1n) is 26.0. The van der Waals surface area contributed by atoms with E-state index in [0.29, 0.717) is 42.4 Å². The van der Waals surface area contributed by atoms with Crippen molar-refractivity contribution in [3.05, 3.63) is 0 Å². The third kappa shape index (κ3) is 8.08. The van der Waals surface area contributed by atoms with Crippen molar-refractivity contribution in [2.75, 3.05) is 0 Å². The molecule has 332 valence electrons. The van der Waals surface area contributed by atoms with Crippen LogP contribution in [0, 0.1) is 111 Å². The van der Waals surface area contributed by atoms with Gasteiger partial charge >= 0.3 is 6.18 Å². The number of nitrogens with zero attached hydrogens (tertiary/aromatic N) is 3. The number of carbonyl (C=O) groups is 1. The van der Waals surface area contributed by atoms with Crippen LogP contribution in [0.25, 0.3) is 0 Å². The fourth-order valence-electron chi connectivity index (χ4n) is 18.1. The molecule has 8 saturated carbocycles. The van der Waals surface area contributed by atoms with E-state index in [2.05, 4.69) is 28.8 Å². The summed E-state index contributed by atoms with van der Waals surface area (Å²) in [5.74, 6) is 5.87. The summed E-state index contributed by atoms with van der Waals surface area (Å²) >= 11 is 2.52. The molecule has 2 aliphatic heterocycles. The summed E-state index contributed by atoms with van der Waals surface area (Å²) in [6.45, 7) is 0. The predicted octanol–water partition coefficient (Wildman–Crippen LogP) is 13.3. The lowest BCUT2D eigenvalue weighted by molar-refractivity contribution is -0.177. The lowest BCUT2D eigenvalue weighted by Gasteiger charge is -2.47. The van der Waals surface area contributed by atoms with Gasteiger partial charge in [-0.3, -0.25) is 9.69 Å². The molecule has 11 unspecified atom stereocenters. The molecule has 8 aliphatic carbocycles. The van der Waals surface area contributed by atoms with Crippen molar-refractivity contribution in [3.8, 4) is 12.1 Å². The van der Waals surface area contributed by atoms with Crippen LogP contribution in [-0.2, 0) is 4.79 Å². The molecule has 2 saturated heterocycles. The minimum absolute atomic E-state index is 0.0347. The van der Waals surface area contributed by atoms with Gasteiger partial charge in [-0.1, -0.05) is 32.1 Å². The zero-order chi connectivity index (χ0) is 41.1. The quantitative estimate of drug-likeness (QED) is 0.266. The van der Waals surface area contributed by atoms with Crippen LogP contribution in [0.5, 0.6) is 0 Å². The molecule has 0 bridgehead atoms. The van der Waals surface area contributed by atoms with Crippen LogP contribution >= 0.6 is 11.8 Å². The van der Waals surface area contributed by atoms with E-state index < -0.39 is 17.9 Å². The number of likely N-dealkylation sites (tertiary alicyclic amines) is 1. The Kier molecular flexibility index (Phi) is 12.8. The lowest BCUT2D eigenvalue weighted by atomic mass is 9.56. The van der Waals surface area contributed by atoms with Crippen LogP contribution in [0.2, 0.25) is 0 Å². The van der Waals surface area contributed by atoms with Crippen molar-refractivity contribution >= 4 is 17.5 Å². The number of rotatable bonds is 6. The van der Waals surface area contributed by atoms with Crippen molar-refractivity contribution < 1.29 is 18.0 Å². The zero-order valence-corrected chi connectivity index (χ0v) is 37.5. The Morgan fingerprint density at radius 1 is 0.517 bits per heavy atom. The number of carbonyl (C=O) groups excluding carboxylic acids is 1. The second kappa shape index (κ2) is 18.0. The van der Waals surface area contributed by atoms with Crippen LogP contribution in [0.15, 0.2) is 0 Å². The van der Waals surface area contributed by atoms with E-state index in [0.717, 1.165) is 115 Å². The van der Waals surface area contributed by atoms with Crippen LogP contribution in [-0.4, -0.2) is 45.5 Å². The van der Waals surface area contributed by atoms with Gasteiger partial charge in [0.1, 0.15) is 0 Å². The van der Waals surface area contributed by atoms with Gasteiger partial charge in [0.2, 0.25) is 5.78 Å². The highest BCUT2D eigenvalue weighted by molar-refractivity contribution is 8.00. The van der Waals surface area contributed by atoms with Gasteiger partial charge in [0.05, 0.1) is 24.0 Å². The molecule has 0 amide bonds. The Morgan fingerprint density at radius 2 is 1.05 bits per heavy atom. The Morgan fingerprint density at radius 3 is 1.68 bits per heavy atom. The molecule has 11 atom stereocenters. The van der Waals surface area contributed by atoms with E-state index >= 15 is 0 Å². The highest BCUT2D eigenvalue weighted by Crippen LogP contribution is 2.63. The number of nitriles is 2. The maximum Gasteiger partial charge on any atom is 0.450 e. The molecular weight excluding hydrogens is 772 g/mol. The highest BCUT2D eigenvalue weighted by Gasteiger charge is 2.61. The lowest BCUT2D eigenvalue weighted by Crippen LogP contribution is -2.53. The standard InChI is InChI=1S/C52H76F3N3OS/c53-52(54,55)51(59)36-20-16-32(17-21-36)31-14-18-35(19-15-31)48-39(29-56)26-38(27-40(48)30-57)34-12-10-33(11-13-34)37-22-25-47-45(28-37)44-24-23-43-42-8-4-5-9-46(42)58(49(43)50(44)60-47)41-6-2-1-3-7-41/h31-50H,1-28H2. The number of ketones is 1. The van der Waals surface area contributed by atoms with E-state index in [4.69, 9.17) is 0 Å². The van der Waals surface area contributed by atoms with Crippen molar-refractivity contribution in [1.82, 2.24) is 4.90 Å². The molecule has 10 rings (SSSR count). The first-order valence-corrected chi connectivity index (χ1v) is 27.0. The number of thioether (sulfide) groups is 1. The monoisotopic (exact) mass is 848 g/mol. The molecule has 8 heteroatoms. The molecule has 0 aromatic carbocycles. The van der Waals surface area contributed by atoms with Gasteiger partial charge in [-0.2, -0.15) is 35.5 Å². The Labute approximate surface area is 365 Å². The molecule has 0 aromatic heterocycles. The van der Waals surface area contributed by atoms with Crippen molar-refractivity contribution in [2.45, 2.75) is 215 Å². The number of halogens is 3. The molecule has 10 fully saturated rings. The van der Waals surface area contributed by atoms with E-state index in [1.54, 1.807) is 0 Å². The fourth-order valence-corrected chi connectivity index (χ4v) is 20.4. The van der Waals surface area contributed by atoms with E-state index in [-0.39, 0.29) is 17.8 Å². The first kappa shape index (κ1) is 42.7. The summed E-state index contributed by atoms with van der Waals surface area (Å²) in [4.78, 5) is 15.1. The molecule has 60 heavy (non-hydrogen) atoms. The number of fused-ring (bicyclic) bond motifs is 7. The average Bonchev–Trinajstić information content (AvgIpc) is 3.84. The summed E-state index contributed by atoms with van der Waals surface area (Å²) in [7, 11) is 0. The predicted molar refractivity (Wildman–Crippen MR) is 232 cm³/mol. The molecular formula is C52H76F3N3OS. The van der Waals surface area contributed by atoms with Gasteiger partial charge in [0.15, 0.2) is 0 Å². The Hall–Kier alpha value is -1.25. The van der Waals surface area contributed by atoms with Crippen molar-refractivity contribution in [3.63, 3.8) is 0 Å². The van der Waals surface area contributed by atoms with Gasteiger partial charge in [0.25, 0.3) is 0 Å². The number of Topliss-reactive ketones (excluding diaryl/α,β-unsaturated/α-hetero) is 1. The molecule has 0 radical (unpaired) electrons. The SMILES string of the molecule is N#CC1CC(C2CCC(C3CCC4SC5C(CCC6C7CCCCC7N(C7CCCCC7)C65)C4C3)CC2)CC(C#N)C1C1CCC(C2CCC(C(=O)C(F)(F)F)CC2)CC1. The second-order valence-electron chi connectivity index (χ2n) is 23.1. The number of alkyl halides is 3. The second-order valence-corrected chi connectivity index (χ2v) is 24.6. The van der Waals surface area contributed by atoms with Crippen molar-refractivity contribution in [1.29, 1.82) is 10.5 Å². The minimum atomic E-state index is -4.72.